The van der Waals surface area contributed by atoms with E-state index in [1.807, 2.05) is 60.5 Å². The highest BCUT2D eigenvalue weighted by Gasteiger charge is 2.40. The topological polar surface area (TPSA) is 78.9 Å². The van der Waals surface area contributed by atoms with Crippen LogP contribution >= 0.6 is 0 Å². The molecular formula is C23H23N5O3. The molecular weight excluding hydrogens is 394 g/mol. The first-order valence-corrected chi connectivity index (χ1v) is 10.3. The van der Waals surface area contributed by atoms with Crippen molar-refractivity contribution in [1.82, 2.24) is 9.97 Å². The lowest BCUT2D eigenvalue weighted by Gasteiger charge is -2.34. The number of fused-ring (bicyclic) bond motifs is 2. The van der Waals surface area contributed by atoms with Gasteiger partial charge in [0.05, 0.1) is 24.1 Å². The molecule has 3 heterocycles. The van der Waals surface area contributed by atoms with E-state index in [-0.39, 0.29) is 18.2 Å². The molecule has 3 aromatic rings. The highest BCUT2D eigenvalue weighted by atomic mass is 16.5. The number of carbonyl (C=O) groups is 2. The molecule has 2 amide bonds. The van der Waals surface area contributed by atoms with Crippen molar-refractivity contribution in [3.63, 3.8) is 0 Å². The van der Waals surface area contributed by atoms with Crippen molar-refractivity contribution >= 4 is 40.2 Å². The standard InChI is InChI=1S/C23H23N5O3/c1-26-11-12-27(22-21(26)24-18-5-3-4-6-19(18)25-22)23(30)15-13-20(29)28(14-15)16-7-9-17(31-2)10-8-16/h3-10,15H,11-14H2,1-2H3/t15-/m1/s1. The zero-order chi connectivity index (χ0) is 21.5. The number of anilines is 3. The predicted octanol–water partition coefficient (Wildman–Crippen LogP) is 2.47. The first-order valence-electron chi connectivity index (χ1n) is 10.3. The summed E-state index contributed by atoms with van der Waals surface area (Å²) in [6.45, 7) is 1.53. The number of likely N-dealkylation sites (N-methyl/N-ethyl adjacent to an activating group) is 1. The number of rotatable bonds is 3. The second-order valence-corrected chi connectivity index (χ2v) is 7.87. The van der Waals surface area contributed by atoms with E-state index >= 15 is 0 Å². The van der Waals surface area contributed by atoms with Crippen molar-refractivity contribution in [2.75, 3.05) is 48.5 Å². The molecule has 1 fully saturated rings. The molecule has 0 bridgehead atoms. The molecule has 5 rings (SSSR count). The zero-order valence-electron chi connectivity index (χ0n) is 17.5. The Kier molecular flexibility index (Phi) is 4.69. The molecule has 1 saturated heterocycles. The summed E-state index contributed by atoms with van der Waals surface area (Å²) >= 11 is 0. The lowest BCUT2D eigenvalue weighted by molar-refractivity contribution is -0.124. The van der Waals surface area contributed by atoms with Crippen LogP contribution in [-0.4, -0.2) is 55.6 Å². The molecule has 0 unspecified atom stereocenters. The fourth-order valence-electron chi connectivity index (χ4n) is 4.20. The van der Waals surface area contributed by atoms with Crippen LogP contribution < -0.4 is 19.4 Å². The summed E-state index contributed by atoms with van der Waals surface area (Å²) in [5.41, 5.74) is 2.31. The van der Waals surface area contributed by atoms with Gasteiger partial charge in [0.25, 0.3) is 0 Å². The van der Waals surface area contributed by atoms with Gasteiger partial charge >= 0.3 is 0 Å². The first kappa shape index (κ1) is 19.3. The fraction of sp³-hybridized carbons (Fsp3) is 0.304. The molecule has 1 atom stereocenters. The average Bonchev–Trinajstić information content (AvgIpc) is 3.19. The van der Waals surface area contributed by atoms with Crippen LogP contribution in [-0.2, 0) is 9.59 Å². The molecule has 8 nitrogen and oxygen atoms in total. The van der Waals surface area contributed by atoms with Crippen molar-refractivity contribution in [3.8, 4) is 5.75 Å². The van der Waals surface area contributed by atoms with E-state index in [4.69, 9.17) is 14.7 Å². The average molecular weight is 417 g/mol. The van der Waals surface area contributed by atoms with Gasteiger partial charge in [-0.15, -0.1) is 0 Å². The Balaban J connectivity index is 1.42. The summed E-state index contributed by atoms with van der Waals surface area (Å²) in [4.78, 5) is 41.0. The highest BCUT2D eigenvalue weighted by molar-refractivity contribution is 6.05. The van der Waals surface area contributed by atoms with Crippen LogP contribution in [0.2, 0.25) is 0 Å². The molecule has 0 radical (unpaired) electrons. The van der Waals surface area contributed by atoms with Gasteiger partial charge in [-0.2, -0.15) is 0 Å². The summed E-state index contributed by atoms with van der Waals surface area (Å²) in [5, 5.41) is 0. The van der Waals surface area contributed by atoms with Crippen molar-refractivity contribution in [3.05, 3.63) is 48.5 Å². The number of nitrogens with zero attached hydrogens (tertiary/aromatic N) is 5. The number of aromatic nitrogens is 2. The Morgan fingerprint density at radius 3 is 2.35 bits per heavy atom. The number of para-hydroxylation sites is 2. The van der Waals surface area contributed by atoms with Crippen LogP contribution in [0.3, 0.4) is 0 Å². The molecule has 0 saturated carbocycles. The summed E-state index contributed by atoms with van der Waals surface area (Å²) in [6.07, 6.45) is 0.188. The normalized spacial score (nSPS) is 18.5. The zero-order valence-corrected chi connectivity index (χ0v) is 17.5. The van der Waals surface area contributed by atoms with Crippen molar-refractivity contribution in [2.24, 2.45) is 5.92 Å². The third-order valence-corrected chi connectivity index (χ3v) is 5.94. The Morgan fingerprint density at radius 2 is 1.68 bits per heavy atom. The third-order valence-electron chi connectivity index (χ3n) is 5.94. The lowest BCUT2D eigenvalue weighted by Crippen LogP contribution is -2.46. The van der Waals surface area contributed by atoms with Crippen LogP contribution in [0.5, 0.6) is 5.75 Å². The van der Waals surface area contributed by atoms with Gasteiger partial charge in [0.1, 0.15) is 5.75 Å². The van der Waals surface area contributed by atoms with Crippen LogP contribution in [0.4, 0.5) is 17.3 Å². The van der Waals surface area contributed by atoms with E-state index in [2.05, 4.69) is 0 Å². The Bertz CT molecular complexity index is 1160. The molecule has 2 aromatic carbocycles. The Labute approximate surface area is 180 Å². The van der Waals surface area contributed by atoms with E-state index in [1.165, 1.54) is 0 Å². The molecule has 2 aliphatic heterocycles. The minimum Gasteiger partial charge on any atom is -0.497 e. The molecule has 31 heavy (non-hydrogen) atoms. The second kappa shape index (κ2) is 7.54. The van der Waals surface area contributed by atoms with Crippen LogP contribution in [0.1, 0.15) is 6.42 Å². The maximum absolute atomic E-state index is 13.5. The summed E-state index contributed by atoms with van der Waals surface area (Å²) in [5.74, 6) is 1.43. The summed E-state index contributed by atoms with van der Waals surface area (Å²) < 4.78 is 5.19. The van der Waals surface area contributed by atoms with Crippen LogP contribution in [0.15, 0.2) is 48.5 Å². The van der Waals surface area contributed by atoms with Gasteiger partial charge in [0, 0.05) is 38.8 Å². The largest absolute Gasteiger partial charge is 0.497 e. The van der Waals surface area contributed by atoms with Crippen molar-refractivity contribution in [1.29, 1.82) is 0 Å². The van der Waals surface area contributed by atoms with E-state index < -0.39 is 5.92 Å². The number of methoxy groups -OCH3 is 1. The summed E-state index contributed by atoms with van der Waals surface area (Å²) in [7, 11) is 3.55. The van der Waals surface area contributed by atoms with E-state index in [0.29, 0.717) is 31.3 Å². The van der Waals surface area contributed by atoms with Crippen LogP contribution in [0, 0.1) is 5.92 Å². The number of hydrogen-bond donors (Lipinski definition) is 0. The van der Waals surface area contributed by atoms with Gasteiger partial charge in [-0.1, -0.05) is 12.1 Å². The molecule has 2 aliphatic rings. The van der Waals surface area contributed by atoms with Gasteiger partial charge in [0.15, 0.2) is 11.6 Å². The maximum atomic E-state index is 13.5. The van der Waals surface area contributed by atoms with Gasteiger partial charge in [-0.05, 0) is 36.4 Å². The fourth-order valence-corrected chi connectivity index (χ4v) is 4.20. The quantitative estimate of drug-likeness (QED) is 0.652. The predicted molar refractivity (Wildman–Crippen MR) is 119 cm³/mol. The SMILES string of the molecule is COc1ccc(N2C[C@H](C(=O)N3CCN(C)c4nc5ccccc5nc43)CC2=O)cc1. The van der Waals surface area contributed by atoms with Gasteiger partial charge < -0.3 is 14.5 Å². The lowest BCUT2D eigenvalue weighted by atomic mass is 10.1. The van der Waals surface area contributed by atoms with Crippen molar-refractivity contribution < 1.29 is 14.3 Å². The number of ether oxygens (including phenoxy) is 1. The number of benzene rings is 2. The van der Waals surface area contributed by atoms with Gasteiger partial charge in [-0.25, -0.2) is 9.97 Å². The second-order valence-electron chi connectivity index (χ2n) is 7.87. The van der Waals surface area contributed by atoms with Crippen LogP contribution in [0.25, 0.3) is 11.0 Å². The Morgan fingerprint density at radius 1 is 1.00 bits per heavy atom. The van der Waals surface area contributed by atoms with Gasteiger partial charge in [0.2, 0.25) is 11.8 Å². The maximum Gasteiger partial charge on any atom is 0.233 e. The monoisotopic (exact) mass is 417 g/mol. The molecule has 0 spiro atoms. The van der Waals surface area contributed by atoms with E-state index in [1.54, 1.807) is 16.9 Å². The van der Waals surface area contributed by atoms with Gasteiger partial charge in [-0.3, -0.25) is 14.5 Å². The molecule has 0 aliphatic carbocycles. The third kappa shape index (κ3) is 3.34. The molecule has 158 valence electrons. The first-order chi connectivity index (χ1) is 15.0. The highest BCUT2D eigenvalue weighted by Crippen LogP contribution is 2.34. The molecule has 0 N–H and O–H groups in total. The number of hydrogen-bond acceptors (Lipinski definition) is 6. The number of amides is 2. The minimum absolute atomic E-state index is 0.0533. The number of carbonyl (C=O) groups excluding carboxylic acids is 2. The van der Waals surface area contributed by atoms with E-state index in [9.17, 15) is 9.59 Å². The molecule has 8 heteroatoms. The molecule has 1 aromatic heterocycles. The van der Waals surface area contributed by atoms with E-state index in [0.717, 1.165) is 22.5 Å². The Hall–Kier alpha value is -3.68. The van der Waals surface area contributed by atoms with Crippen molar-refractivity contribution in [2.45, 2.75) is 6.42 Å². The minimum atomic E-state index is -0.417. The summed E-state index contributed by atoms with van der Waals surface area (Å²) in [6, 6.07) is 14.9. The smallest absolute Gasteiger partial charge is 0.233 e.